The molecule has 1 aliphatic heterocycles. The Morgan fingerprint density at radius 3 is 2.42 bits per heavy atom. The predicted octanol–water partition coefficient (Wildman–Crippen LogP) is 3.07. The summed E-state index contributed by atoms with van der Waals surface area (Å²) >= 11 is 0. The van der Waals surface area contributed by atoms with Gasteiger partial charge in [-0.25, -0.2) is 8.42 Å². The molecule has 0 N–H and O–H groups in total. The van der Waals surface area contributed by atoms with E-state index in [9.17, 15) is 13.2 Å². The van der Waals surface area contributed by atoms with Gasteiger partial charge in [0.25, 0.3) is 0 Å². The number of rotatable bonds is 7. The van der Waals surface area contributed by atoms with Crippen LogP contribution >= 0.6 is 0 Å². The van der Waals surface area contributed by atoms with E-state index in [1.54, 1.807) is 50.4 Å². The molecule has 8 heteroatoms. The van der Waals surface area contributed by atoms with E-state index in [1.165, 1.54) is 4.31 Å². The highest BCUT2D eigenvalue weighted by Crippen LogP contribution is 2.29. The van der Waals surface area contributed by atoms with Crippen LogP contribution in [0.2, 0.25) is 0 Å². The van der Waals surface area contributed by atoms with Gasteiger partial charge in [0.2, 0.25) is 15.9 Å². The lowest BCUT2D eigenvalue weighted by atomic mass is 9.98. The summed E-state index contributed by atoms with van der Waals surface area (Å²) in [5.41, 5.74) is 1.91. The van der Waals surface area contributed by atoms with Crippen molar-refractivity contribution in [3.8, 4) is 11.5 Å². The molecule has 2 aromatic carbocycles. The second-order valence-electron chi connectivity index (χ2n) is 7.90. The molecule has 2 aromatic rings. The Bertz CT molecular complexity index is 1020. The minimum Gasteiger partial charge on any atom is -0.493 e. The van der Waals surface area contributed by atoms with Crippen molar-refractivity contribution in [3.63, 3.8) is 0 Å². The number of sulfonamides is 1. The van der Waals surface area contributed by atoms with Crippen molar-refractivity contribution in [1.82, 2.24) is 9.21 Å². The van der Waals surface area contributed by atoms with Crippen LogP contribution in [0.1, 0.15) is 24.0 Å². The first kappa shape index (κ1) is 23.1. The second kappa shape index (κ2) is 9.70. The van der Waals surface area contributed by atoms with Gasteiger partial charge in [-0.2, -0.15) is 4.31 Å². The van der Waals surface area contributed by atoms with E-state index < -0.39 is 10.0 Å². The molecule has 0 bridgehead atoms. The fourth-order valence-electron chi connectivity index (χ4n) is 3.86. The highest BCUT2D eigenvalue weighted by Gasteiger charge is 2.34. The number of carbonyl (C=O) groups excluding carboxylic acids is 1. The van der Waals surface area contributed by atoms with Crippen LogP contribution in [-0.4, -0.2) is 57.9 Å². The third kappa shape index (κ3) is 5.19. The summed E-state index contributed by atoms with van der Waals surface area (Å²) in [4.78, 5) is 15.0. The molecule has 7 nitrogen and oxygen atoms in total. The van der Waals surface area contributed by atoms with E-state index >= 15 is 0 Å². The van der Waals surface area contributed by atoms with Gasteiger partial charge in [-0.3, -0.25) is 4.79 Å². The molecule has 0 saturated carbocycles. The van der Waals surface area contributed by atoms with Crippen LogP contribution < -0.4 is 9.47 Å². The maximum Gasteiger partial charge on any atom is 0.243 e. The molecule has 168 valence electrons. The number of methoxy groups -OCH3 is 2. The average molecular weight is 447 g/mol. The monoisotopic (exact) mass is 446 g/mol. The zero-order chi connectivity index (χ0) is 22.6. The number of hydrogen-bond donors (Lipinski definition) is 0. The van der Waals surface area contributed by atoms with Crippen LogP contribution in [0.25, 0.3) is 0 Å². The number of hydrogen-bond acceptors (Lipinski definition) is 5. The van der Waals surface area contributed by atoms with Gasteiger partial charge in [-0.05, 0) is 49.6 Å². The number of nitrogens with zero attached hydrogens (tertiary/aromatic N) is 2. The molecule has 0 unspecified atom stereocenters. The fourth-order valence-corrected chi connectivity index (χ4v) is 5.39. The molecule has 1 heterocycles. The Kier molecular flexibility index (Phi) is 7.23. The molecule has 3 rings (SSSR count). The quantitative estimate of drug-likeness (QED) is 0.653. The highest BCUT2D eigenvalue weighted by molar-refractivity contribution is 7.89. The van der Waals surface area contributed by atoms with Crippen molar-refractivity contribution < 1.29 is 22.7 Å². The molecule has 0 aliphatic carbocycles. The molecule has 31 heavy (non-hydrogen) atoms. The number of piperidine rings is 1. The van der Waals surface area contributed by atoms with Crippen molar-refractivity contribution in [3.05, 3.63) is 53.6 Å². The average Bonchev–Trinajstić information content (AvgIpc) is 2.78. The Hall–Kier alpha value is -2.58. The SMILES string of the molecule is COc1ccc(CN(C)C(=O)[C@@H]2CCCN(S(=O)(=O)c3ccc(C)cc3)C2)cc1OC. The standard InChI is InChI=1S/C23H30N2O5S/c1-17-7-10-20(11-8-17)31(27,28)25-13-5-6-19(16-25)23(26)24(2)15-18-9-12-21(29-3)22(14-18)30-4/h7-12,14,19H,5-6,13,15-16H2,1-4H3/t19-/m1/s1. The van der Waals surface area contributed by atoms with Crippen LogP contribution in [-0.2, 0) is 21.4 Å². The molecule has 0 aromatic heterocycles. The predicted molar refractivity (Wildman–Crippen MR) is 119 cm³/mol. The summed E-state index contributed by atoms with van der Waals surface area (Å²) in [5.74, 6) is 0.816. The lowest BCUT2D eigenvalue weighted by Gasteiger charge is -2.33. The van der Waals surface area contributed by atoms with E-state index in [-0.39, 0.29) is 23.3 Å². The van der Waals surface area contributed by atoms with E-state index in [2.05, 4.69) is 0 Å². The van der Waals surface area contributed by atoms with Crippen molar-refractivity contribution >= 4 is 15.9 Å². The third-order valence-corrected chi connectivity index (χ3v) is 7.52. The lowest BCUT2D eigenvalue weighted by Crippen LogP contribution is -2.45. The van der Waals surface area contributed by atoms with Crippen LogP contribution in [0.4, 0.5) is 0 Å². The van der Waals surface area contributed by atoms with Gasteiger partial charge in [-0.1, -0.05) is 23.8 Å². The highest BCUT2D eigenvalue weighted by atomic mass is 32.2. The van der Waals surface area contributed by atoms with Gasteiger partial charge in [0, 0.05) is 26.7 Å². The molecular formula is C23H30N2O5S. The number of aryl methyl sites for hydroxylation is 1. The maximum atomic E-state index is 13.1. The molecular weight excluding hydrogens is 416 g/mol. The van der Waals surface area contributed by atoms with Gasteiger partial charge in [0.05, 0.1) is 25.0 Å². The Balaban J connectivity index is 1.69. The van der Waals surface area contributed by atoms with Gasteiger partial charge in [0.1, 0.15) is 0 Å². The molecule has 1 fully saturated rings. The molecule has 1 aliphatic rings. The minimum atomic E-state index is -3.61. The van der Waals surface area contributed by atoms with E-state index in [0.717, 1.165) is 11.1 Å². The summed E-state index contributed by atoms with van der Waals surface area (Å²) in [6.45, 7) is 2.95. The molecule has 0 spiro atoms. The third-order valence-electron chi connectivity index (χ3n) is 5.64. The number of benzene rings is 2. The zero-order valence-electron chi connectivity index (χ0n) is 18.5. The maximum absolute atomic E-state index is 13.1. The first-order valence-corrected chi connectivity index (χ1v) is 11.7. The summed E-state index contributed by atoms with van der Waals surface area (Å²) in [7, 11) is 1.28. The minimum absolute atomic E-state index is 0.0569. The summed E-state index contributed by atoms with van der Waals surface area (Å²) in [5, 5.41) is 0. The van der Waals surface area contributed by atoms with Crippen molar-refractivity contribution in [2.75, 3.05) is 34.4 Å². The second-order valence-corrected chi connectivity index (χ2v) is 9.84. The van der Waals surface area contributed by atoms with E-state index in [4.69, 9.17) is 9.47 Å². The summed E-state index contributed by atoms with van der Waals surface area (Å²) in [6, 6.07) is 12.4. The lowest BCUT2D eigenvalue weighted by molar-refractivity contribution is -0.135. The van der Waals surface area contributed by atoms with Crippen LogP contribution in [0.5, 0.6) is 11.5 Å². The normalized spacial score (nSPS) is 17.2. The van der Waals surface area contributed by atoms with Crippen molar-refractivity contribution in [1.29, 1.82) is 0 Å². The van der Waals surface area contributed by atoms with Crippen LogP contribution in [0.15, 0.2) is 47.4 Å². The summed E-state index contributed by atoms with van der Waals surface area (Å²) < 4.78 is 38.1. The first-order valence-electron chi connectivity index (χ1n) is 10.3. The molecule has 1 amide bonds. The van der Waals surface area contributed by atoms with Gasteiger partial charge in [0.15, 0.2) is 11.5 Å². The van der Waals surface area contributed by atoms with Crippen molar-refractivity contribution in [2.24, 2.45) is 5.92 Å². The zero-order valence-corrected chi connectivity index (χ0v) is 19.3. The van der Waals surface area contributed by atoms with Crippen LogP contribution in [0, 0.1) is 12.8 Å². The van der Waals surface area contributed by atoms with E-state index in [1.807, 2.05) is 25.1 Å². The largest absolute Gasteiger partial charge is 0.493 e. The molecule has 1 atom stereocenters. The Labute approximate surface area is 184 Å². The fraction of sp³-hybridized carbons (Fsp3) is 0.435. The van der Waals surface area contributed by atoms with E-state index in [0.29, 0.717) is 37.4 Å². The smallest absolute Gasteiger partial charge is 0.243 e. The summed E-state index contributed by atoms with van der Waals surface area (Å²) in [6.07, 6.45) is 1.33. The van der Waals surface area contributed by atoms with Crippen LogP contribution in [0.3, 0.4) is 0 Å². The van der Waals surface area contributed by atoms with Gasteiger partial charge < -0.3 is 14.4 Å². The van der Waals surface area contributed by atoms with Crippen molar-refractivity contribution in [2.45, 2.75) is 31.2 Å². The molecule has 1 saturated heterocycles. The van der Waals surface area contributed by atoms with Gasteiger partial charge >= 0.3 is 0 Å². The Morgan fingerprint density at radius 1 is 1.10 bits per heavy atom. The molecule has 0 radical (unpaired) electrons. The van der Waals surface area contributed by atoms with Gasteiger partial charge in [-0.15, -0.1) is 0 Å². The Morgan fingerprint density at radius 2 is 1.77 bits per heavy atom. The first-order chi connectivity index (χ1) is 14.8. The topological polar surface area (TPSA) is 76.2 Å². The number of ether oxygens (including phenoxy) is 2. The number of amides is 1. The number of carbonyl (C=O) groups is 1.